The fourth-order valence-electron chi connectivity index (χ4n) is 2.78. The van der Waals surface area contributed by atoms with Gasteiger partial charge in [-0.2, -0.15) is 0 Å². The van der Waals surface area contributed by atoms with E-state index >= 15 is 0 Å². The zero-order chi connectivity index (χ0) is 14.4. The Labute approximate surface area is 117 Å². The summed E-state index contributed by atoms with van der Waals surface area (Å²) in [5, 5.41) is 15.5. The van der Waals surface area contributed by atoms with Crippen molar-refractivity contribution in [3.05, 3.63) is 0 Å². The number of rotatable bonds is 6. The highest BCUT2D eigenvalue weighted by Crippen LogP contribution is 2.29. The van der Waals surface area contributed by atoms with Gasteiger partial charge in [0.15, 0.2) is 0 Å². The monoisotopic (exact) mass is 270 g/mol. The summed E-state index contributed by atoms with van der Waals surface area (Å²) in [5.41, 5.74) is 0. The van der Waals surface area contributed by atoms with E-state index in [1.54, 1.807) is 0 Å². The van der Waals surface area contributed by atoms with E-state index in [1.165, 1.54) is 12.8 Å². The Morgan fingerprint density at radius 1 is 1.32 bits per heavy atom. The molecule has 0 aromatic rings. The van der Waals surface area contributed by atoms with E-state index in [1.807, 2.05) is 13.8 Å². The number of nitrogens with one attached hydrogen (secondary N) is 2. The maximum Gasteiger partial charge on any atom is 0.234 e. The third kappa shape index (κ3) is 5.11. The van der Waals surface area contributed by atoms with Crippen molar-refractivity contribution in [3.8, 4) is 0 Å². The van der Waals surface area contributed by atoms with Gasteiger partial charge in [-0.1, -0.05) is 40.5 Å². The average molecular weight is 270 g/mol. The van der Waals surface area contributed by atoms with Gasteiger partial charge in [-0.3, -0.25) is 4.79 Å². The molecule has 4 atom stereocenters. The normalized spacial score (nSPS) is 29.3. The number of aliphatic hydroxyl groups is 1. The lowest BCUT2D eigenvalue weighted by Gasteiger charge is -2.34. The minimum atomic E-state index is -0.00606. The van der Waals surface area contributed by atoms with Crippen LogP contribution in [0.4, 0.5) is 0 Å². The van der Waals surface area contributed by atoms with Gasteiger partial charge in [0.25, 0.3) is 0 Å². The first kappa shape index (κ1) is 16.4. The average Bonchev–Trinajstić information content (AvgIpc) is 2.35. The van der Waals surface area contributed by atoms with Crippen molar-refractivity contribution in [2.45, 2.75) is 59.0 Å². The van der Waals surface area contributed by atoms with Crippen LogP contribution in [0, 0.1) is 17.8 Å². The number of amides is 1. The van der Waals surface area contributed by atoms with E-state index in [0.29, 0.717) is 30.3 Å². The second-order valence-corrected chi connectivity index (χ2v) is 6.36. The largest absolute Gasteiger partial charge is 0.395 e. The van der Waals surface area contributed by atoms with Gasteiger partial charge in [0.2, 0.25) is 5.91 Å². The Balaban J connectivity index is 2.34. The molecular formula is C15H30N2O2. The molecule has 0 unspecified atom stereocenters. The molecule has 0 aromatic carbocycles. The molecule has 1 amide bonds. The molecule has 3 N–H and O–H groups in total. The number of aliphatic hydroxyl groups excluding tert-OH is 1. The SMILES string of the molecule is CC(C)[C@@H](CO)NCC(=O)N[C@@H]1CCC[C@@H](C)[C@H]1C. The summed E-state index contributed by atoms with van der Waals surface area (Å²) < 4.78 is 0. The molecule has 19 heavy (non-hydrogen) atoms. The van der Waals surface area contributed by atoms with Gasteiger partial charge in [0.1, 0.15) is 0 Å². The van der Waals surface area contributed by atoms with E-state index in [2.05, 4.69) is 24.5 Å². The highest BCUT2D eigenvalue weighted by molar-refractivity contribution is 5.78. The van der Waals surface area contributed by atoms with Crippen molar-refractivity contribution in [2.75, 3.05) is 13.2 Å². The number of hydrogen-bond donors (Lipinski definition) is 3. The minimum Gasteiger partial charge on any atom is -0.395 e. The van der Waals surface area contributed by atoms with Crippen LogP contribution in [0.3, 0.4) is 0 Å². The highest BCUT2D eigenvalue weighted by Gasteiger charge is 2.28. The Bertz CT molecular complexity index is 281. The molecule has 0 saturated heterocycles. The smallest absolute Gasteiger partial charge is 0.234 e. The van der Waals surface area contributed by atoms with Crippen molar-refractivity contribution in [3.63, 3.8) is 0 Å². The van der Waals surface area contributed by atoms with Gasteiger partial charge >= 0.3 is 0 Å². The van der Waals surface area contributed by atoms with Gasteiger partial charge in [0.05, 0.1) is 13.2 Å². The van der Waals surface area contributed by atoms with Crippen LogP contribution in [0.2, 0.25) is 0 Å². The summed E-state index contributed by atoms with van der Waals surface area (Å²) in [7, 11) is 0. The molecule has 1 saturated carbocycles. The predicted octanol–water partition coefficient (Wildman–Crippen LogP) is 1.53. The highest BCUT2D eigenvalue weighted by atomic mass is 16.3. The quantitative estimate of drug-likeness (QED) is 0.686. The fraction of sp³-hybridized carbons (Fsp3) is 0.933. The fourth-order valence-corrected chi connectivity index (χ4v) is 2.78. The Morgan fingerprint density at radius 3 is 2.58 bits per heavy atom. The lowest BCUT2D eigenvalue weighted by Crippen LogP contribution is -2.49. The predicted molar refractivity (Wildman–Crippen MR) is 77.8 cm³/mol. The van der Waals surface area contributed by atoms with Crippen molar-refractivity contribution >= 4 is 5.91 Å². The zero-order valence-electron chi connectivity index (χ0n) is 12.8. The van der Waals surface area contributed by atoms with Crippen LogP contribution < -0.4 is 10.6 Å². The molecule has 1 fully saturated rings. The van der Waals surface area contributed by atoms with Crippen LogP contribution in [-0.4, -0.2) is 36.2 Å². The first-order chi connectivity index (χ1) is 8.95. The second-order valence-electron chi connectivity index (χ2n) is 6.36. The maximum atomic E-state index is 12.0. The molecular weight excluding hydrogens is 240 g/mol. The summed E-state index contributed by atoms with van der Waals surface area (Å²) in [6.45, 7) is 8.94. The Hall–Kier alpha value is -0.610. The van der Waals surface area contributed by atoms with Crippen molar-refractivity contribution < 1.29 is 9.90 Å². The summed E-state index contributed by atoms with van der Waals surface area (Å²) in [5.74, 6) is 1.61. The minimum absolute atomic E-state index is 0.00606. The number of carbonyl (C=O) groups is 1. The van der Waals surface area contributed by atoms with Crippen molar-refractivity contribution in [1.29, 1.82) is 0 Å². The summed E-state index contributed by atoms with van der Waals surface area (Å²) in [6.07, 6.45) is 3.56. The van der Waals surface area contributed by atoms with Gasteiger partial charge in [0, 0.05) is 12.1 Å². The van der Waals surface area contributed by atoms with Crippen LogP contribution in [0.25, 0.3) is 0 Å². The summed E-state index contributed by atoms with van der Waals surface area (Å²) >= 11 is 0. The molecule has 1 aliphatic rings. The van der Waals surface area contributed by atoms with E-state index in [0.717, 1.165) is 6.42 Å². The van der Waals surface area contributed by atoms with Gasteiger partial charge < -0.3 is 15.7 Å². The zero-order valence-corrected chi connectivity index (χ0v) is 12.8. The molecule has 0 radical (unpaired) electrons. The second kappa shape index (κ2) is 7.85. The van der Waals surface area contributed by atoms with Crippen LogP contribution in [0.5, 0.6) is 0 Å². The third-order valence-corrected chi connectivity index (χ3v) is 4.58. The van der Waals surface area contributed by atoms with Gasteiger partial charge in [-0.05, 0) is 24.2 Å². The lowest BCUT2D eigenvalue weighted by atomic mass is 9.78. The van der Waals surface area contributed by atoms with E-state index < -0.39 is 0 Å². The summed E-state index contributed by atoms with van der Waals surface area (Å²) in [4.78, 5) is 12.0. The summed E-state index contributed by atoms with van der Waals surface area (Å²) in [6, 6.07) is 0.304. The molecule has 0 bridgehead atoms. The molecule has 4 heteroatoms. The number of carbonyl (C=O) groups excluding carboxylic acids is 1. The molecule has 0 aliphatic heterocycles. The molecule has 1 aliphatic carbocycles. The van der Waals surface area contributed by atoms with E-state index in [-0.39, 0.29) is 18.6 Å². The maximum absolute atomic E-state index is 12.0. The molecule has 4 nitrogen and oxygen atoms in total. The molecule has 0 aromatic heterocycles. The third-order valence-electron chi connectivity index (χ3n) is 4.58. The first-order valence-electron chi connectivity index (χ1n) is 7.59. The van der Waals surface area contributed by atoms with Crippen molar-refractivity contribution in [2.24, 2.45) is 17.8 Å². The topological polar surface area (TPSA) is 61.4 Å². The first-order valence-corrected chi connectivity index (χ1v) is 7.59. The van der Waals surface area contributed by atoms with Crippen LogP contribution >= 0.6 is 0 Å². The molecule has 0 spiro atoms. The lowest BCUT2D eigenvalue weighted by molar-refractivity contribution is -0.121. The molecule has 1 rings (SSSR count). The van der Waals surface area contributed by atoms with E-state index in [4.69, 9.17) is 0 Å². The van der Waals surface area contributed by atoms with Crippen LogP contribution in [0.1, 0.15) is 47.0 Å². The van der Waals surface area contributed by atoms with Crippen LogP contribution in [0.15, 0.2) is 0 Å². The van der Waals surface area contributed by atoms with Gasteiger partial charge in [-0.15, -0.1) is 0 Å². The Kier molecular flexibility index (Phi) is 6.80. The number of hydrogen-bond acceptors (Lipinski definition) is 3. The molecule has 0 heterocycles. The van der Waals surface area contributed by atoms with Crippen LogP contribution in [-0.2, 0) is 4.79 Å². The molecule has 112 valence electrons. The van der Waals surface area contributed by atoms with E-state index in [9.17, 15) is 9.90 Å². The van der Waals surface area contributed by atoms with Crippen molar-refractivity contribution in [1.82, 2.24) is 10.6 Å². The standard InChI is InChI=1S/C15H30N2O2/c1-10(2)14(9-18)16-8-15(19)17-13-7-5-6-11(3)12(13)4/h10-14,16,18H,5-9H2,1-4H3,(H,17,19)/t11-,12-,13-,14-/m1/s1. The Morgan fingerprint density at radius 2 is 2.00 bits per heavy atom. The van der Waals surface area contributed by atoms with Gasteiger partial charge in [-0.25, -0.2) is 0 Å².